The molecule has 1 amide bonds. The minimum absolute atomic E-state index is 0.0762. The first kappa shape index (κ1) is 16.0. The molecule has 8 heteroatoms. The van der Waals surface area contributed by atoms with E-state index < -0.39 is 21.8 Å². The van der Waals surface area contributed by atoms with Crippen LogP contribution in [0.2, 0.25) is 0 Å². The molecule has 124 valence electrons. The van der Waals surface area contributed by atoms with Crippen LogP contribution in [0, 0.1) is 0 Å². The number of fused-ring (bicyclic) bond motifs is 1. The molecule has 0 atom stereocenters. The molecular weight excluding hydrogens is 330 g/mol. The highest BCUT2D eigenvalue weighted by molar-refractivity contribution is 7.91. The second kappa shape index (κ2) is 6.71. The first-order valence-electron chi connectivity index (χ1n) is 7.15. The smallest absolute Gasteiger partial charge is 0.408 e. The number of hydrogen-bond acceptors (Lipinski definition) is 5. The lowest BCUT2D eigenvalue weighted by Gasteiger charge is -2.08. The van der Waals surface area contributed by atoms with E-state index in [-0.39, 0.29) is 11.5 Å². The molecule has 3 rings (SSSR count). The van der Waals surface area contributed by atoms with Crippen molar-refractivity contribution < 1.29 is 17.9 Å². The standard InChI is InChI=1S/C16H15N3O4S/c20-16(23-9-12-4-2-1-3-5-12)19-11-24(21,22)13-6-7-14-15(8-13)18-10-17-14/h1-8,10H,9,11H2,(H,17,18)(H,19,20). The van der Waals surface area contributed by atoms with Gasteiger partial charge in [-0.25, -0.2) is 18.2 Å². The Hall–Kier alpha value is -2.87. The van der Waals surface area contributed by atoms with E-state index in [0.717, 1.165) is 5.56 Å². The van der Waals surface area contributed by atoms with Crippen molar-refractivity contribution in [3.63, 3.8) is 0 Å². The Morgan fingerprint density at radius 3 is 2.75 bits per heavy atom. The Morgan fingerprint density at radius 2 is 1.96 bits per heavy atom. The molecule has 0 saturated heterocycles. The Balaban J connectivity index is 1.59. The number of H-pyrrole nitrogens is 1. The van der Waals surface area contributed by atoms with Gasteiger partial charge in [-0.15, -0.1) is 0 Å². The molecule has 0 saturated carbocycles. The fourth-order valence-electron chi connectivity index (χ4n) is 2.12. The molecular formula is C16H15N3O4S. The van der Waals surface area contributed by atoms with E-state index in [0.29, 0.717) is 11.0 Å². The molecule has 2 aromatic carbocycles. The van der Waals surface area contributed by atoms with E-state index in [9.17, 15) is 13.2 Å². The van der Waals surface area contributed by atoms with Crippen molar-refractivity contribution in [2.75, 3.05) is 5.88 Å². The van der Waals surface area contributed by atoms with Crippen molar-refractivity contribution in [2.45, 2.75) is 11.5 Å². The highest BCUT2D eigenvalue weighted by Crippen LogP contribution is 2.16. The van der Waals surface area contributed by atoms with Gasteiger partial charge in [0.2, 0.25) is 0 Å². The summed E-state index contributed by atoms with van der Waals surface area (Å²) in [5.41, 5.74) is 2.10. The Kier molecular flexibility index (Phi) is 4.48. The zero-order valence-electron chi connectivity index (χ0n) is 12.6. The quantitative estimate of drug-likeness (QED) is 0.738. The van der Waals surface area contributed by atoms with Crippen LogP contribution in [0.25, 0.3) is 11.0 Å². The average molecular weight is 345 g/mol. The predicted octanol–water partition coefficient (Wildman–Crippen LogP) is 2.22. The third kappa shape index (κ3) is 3.72. The molecule has 1 aromatic heterocycles. The topological polar surface area (TPSA) is 101 Å². The van der Waals surface area contributed by atoms with Gasteiger partial charge in [-0.1, -0.05) is 30.3 Å². The van der Waals surface area contributed by atoms with Gasteiger partial charge in [-0.2, -0.15) is 0 Å². The number of hydrogen-bond donors (Lipinski definition) is 2. The highest BCUT2D eigenvalue weighted by atomic mass is 32.2. The molecule has 0 spiro atoms. The molecule has 2 N–H and O–H groups in total. The van der Waals surface area contributed by atoms with Gasteiger partial charge < -0.3 is 15.0 Å². The average Bonchev–Trinajstić information content (AvgIpc) is 3.07. The van der Waals surface area contributed by atoms with Crippen LogP contribution in [0.1, 0.15) is 5.56 Å². The lowest BCUT2D eigenvalue weighted by atomic mass is 10.2. The maximum Gasteiger partial charge on any atom is 0.408 e. The van der Waals surface area contributed by atoms with E-state index in [1.54, 1.807) is 6.07 Å². The summed E-state index contributed by atoms with van der Waals surface area (Å²) >= 11 is 0. The lowest BCUT2D eigenvalue weighted by Crippen LogP contribution is -2.30. The maximum atomic E-state index is 12.3. The molecule has 24 heavy (non-hydrogen) atoms. The van der Waals surface area contributed by atoms with Crippen molar-refractivity contribution >= 4 is 27.0 Å². The number of sulfone groups is 1. The highest BCUT2D eigenvalue weighted by Gasteiger charge is 2.17. The van der Waals surface area contributed by atoms with Crippen LogP contribution >= 0.6 is 0 Å². The number of nitrogens with zero attached hydrogens (tertiary/aromatic N) is 1. The van der Waals surface area contributed by atoms with Gasteiger partial charge in [0.1, 0.15) is 12.5 Å². The Labute approximate surface area is 138 Å². The van der Waals surface area contributed by atoms with Gasteiger partial charge in [0.15, 0.2) is 9.84 Å². The van der Waals surface area contributed by atoms with Crippen LogP contribution in [-0.2, 0) is 21.2 Å². The van der Waals surface area contributed by atoms with Crippen LogP contribution in [-0.4, -0.2) is 30.4 Å². The van der Waals surface area contributed by atoms with Gasteiger partial charge in [0.25, 0.3) is 0 Å². The van der Waals surface area contributed by atoms with E-state index in [4.69, 9.17) is 4.74 Å². The summed E-state index contributed by atoms with van der Waals surface area (Å²) in [4.78, 5) is 18.6. The van der Waals surface area contributed by atoms with Gasteiger partial charge in [-0.05, 0) is 23.8 Å². The number of carbonyl (C=O) groups excluding carboxylic acids is 1. The summed E-state index contributed by atoms with van der Waals surface area (Å²) in [6.07, 6.45) is 0.699. The maximum absolute atomic E-state index is 12.3. The summed E-state index contributed by atoms with van der Waals surface area (Å²) in [6, 6.07) is 13.7. The van der Waals surface area contributed by atoms with Crippen LogP contribution in [0.3, 0.4) is 0 Å². The summed E-state index contributed by atoms with van der Waals surface area (Å²) in [7, 11) is -3.67. The molecule has 3 aromatic rings. The second-order valence-electron chi connectivity index (χ2n) is 5.08. The van der Waals surface area contributed by atoms with E-state index in [1.165, 1.54) is 18.5 Å². The number of alkyl carbamates (subject to hydrolysis) is 1. The first-order valence-corrected chi connectivity index (χ1v) is 8.80. The fraction of sp³-hybridized carbons (Fsp3) is 0.125. The van der Waals surface area contributed by atoms with Crippen molar-refractivity contribution in [1.82, 2.24) is 15.3 Å². The van der Waals surface area contributed by atoms with Gasteiger partial charge >= 0.3 is 6.09 Å². The molecule has 1 heterocycles. The van der Waals surface area contributed by atoms with Gasteiger partial charge in [0, 0.05) is 0 Å². The predicted molar refractivity (Wildman–Crippen MR) is 87.9 cm³/mol. The molecule has 0 bridgehead atoms. The molecule has 0 radical (unpaired) electrons. The van der Waals surface area contributed by atoms with Crippen LogP contribution < -0.4 is 5.32 Å². The minimum atomic E-state index is -3.67. The van der Waals surface area contributed by atoms with E-state index >= 15 is 0 Å². The van der Waals surface area contributed by atoms with Crippen molar-refractivity contribution in [3.05, 3.63) is 60.4 Å². The molecule has 0 aliphatic rings. The van der Waals surface area contributed by atoms with E-state index in [1.807, 2.05) is 30.3 Å². The van der Waals surface area contributed by atoms with Crippen LogP contribution in [0.4, 0.5) is 4.79 Å². The number of rotatable bonds is 5. The zero-order valence-corrected chi connectivity index (χ0v) is 13.4. The molecule has 0 aliphatic carbocycles. The Morgan fingerprint density at radius 1 is 1.17 bits per heavy atom. The fourth-order valence-corrected chi connectivity index (χ4v) is 3.17. The van der Waals surface area contributed by atoms with Crippen molar-refractivity contribution in [1.29, 1.82) is 0 Å². The SMILES string of the molecule is O=C(NCS(=O)(=O)c1ccc2nc[nH]c2c1)OCc1ccccc1. The number of carbonyl (C=O) groups is 1. The third-order valence-corrected chi connectivity index (χ3v) is 4.87. The number of imidazole rings is 1. The molecule has 0 aliphatic heterocycles. The van der Waals surface area contributed by atoms with Gasteiger partial charge in [0.05, 0.1) is 22.3 Å². The first-order chi connectivity index (χ1) is 11.5. The summed E-state index contributed by atoms with van der Waals surface area (Å²) in [5, 5.41) is 2.26. The number of ether oxygens (including phenoxy) is 1. The summed E-state index contributed by atoms with van der Waals surface area (Å²) < 4.78 is 29.5. The van der Waals surface area contributed by atoms with Crippen LogP contribution in [0.5, 0.6) is 0 Å². The monoisotopic (exact) mass is 345 g/mol. The summed E-state index contributed by atoms with van der Waals surface area (Å²) in [5.74, 6) is -0.541. The zero-order chi connectivity index (χ0) is 17.0. The molecule has 7 nitrogen and oxygen atoms in total. The second-order valence-corrected chi connectivity index (χ2v) is 7.07. The number of amides is 1. The van der Waals surface area contributed by atoms with Crippen molar-refractivity contribution in [2.24, 2.45) is 0 Å². The number of aromatic nitrogens is 2. The lowest BCUT2D eigenvalue weighted by molar-refractivity contribution is 0.141. The van der Waals surface area contributed by atoms with Crippen LogP contribution in [0.15, 0.2) is 59.8 Å². The number of nitrogens with one attached hydrogen (secondary N) is 2. The summed E-state index contributed by atoms with van der Waals surface area (Å²) in [6.45, 7) is 0.0762. The van der Waals surface area contributed by atoms with E-state index in [2.05, 4.69) is 15.3 Å². The Bertz CT molecular complexity index is 952. The number of aromatic amines is 1. The minimum Gasteiger partial charge on any atom is -0.445 e. The third-order valence-electron chi connectivity index (χ3n) is 3.37. The van der Waals surface area contributed by atoms with Gasteiger partial charge in [-0.3, -0.25) is 0 Å². The molecule has 0 unspecified atom stereocenters. The number of benzene rings is 2. The largest absolute Gasteiger partial charge is 0.445 e. The van der Waals surface area contributed by atoms with Crippen molar-refractivity contribution in [3.8, 4) is 0 Å². The normalized spacial score (nSPS) is 11.3. The molecule has 0 fully saturated rings.